The first-order valence-electron chi connectivity index (χ1n) is 6.94. The van der Waals surface area contributed by atoms with Crippen molar-refractivity contribution < 1.29 is 8.60 Å². The summed E-state index contributed by atoms with van der Waals surface area (Å²) in [5.74, 6) is 0.351. The molecule has 0 saturated carbocycles. The van der Waals surface area contributed by atoms with Gasteiger partial charge in [0.2, 0.25) is 0 Å². The molecule has 2 atom stereocenters. The van der Waals surface area contributed by atoms with Gasteiger partial charge in [0.15, 0.2) is 0 Å². The van der Waals surface area contributed by atoms with E-state index in [1.54, 1.807) is 18.4 Å². The molecule has 0 radical (unpaired) electrons. The Morgan fingerprint density at radius 3 is 2.38 bits per heavy atom. The van der Waals surface area contributed by atoms with Gasteiger partial charge in [-0.3, -0.25) is 4.21 Å². The second-order valence-corrected chi connectivity index (χ2v) is 6.65. The molecule has 4 heteroatoms. The number of benzene rings is 2. The van der Waals surface area contributed by atoms with E-state index < -0.39 is 10.8 Å². The molecule has 1 N–H and O–H groups in total. The second-order valence-electron chi connectivity index (χ2n) is 5.22. The van der Waals surface area contributed by atoms with Crippen molar-refractivity contribution in [3.05, 3.63) is 65.5 Å². The lowest BCUT2D eigenvalue weighted by Gasteiger charge is -2.18. The fraction of sp³-hybridized carbons (Fsp3) is 0.294. The molecule has 0 heterocycles. The van der Waals surface area contributed by atoms with Crippen LogP contribution in [0.3, 0.4) is 0 Å². The van der Waals surface area contributed by atoms with Crippen LogP contribution in [0.4, 0.5) is 10.1 Å². The van der Waals surface area contributed by atoms with E-state index in [0.29, 0.717) is 17.7 Å². The standard InChI is InChI=1S/C17H20FNOS/c1-13(11-14-7-3-5-9-16(14)18)19-17-10-6-4-8-15(17)12-21(2)20/h3-10,13,19H,11-12H2,1-2H3. The maximum atomic E-state index is 13.7. The number of hydrogen-bond acceptors (Lipinski definition) is 2. The highest BCUT2D eigenvalue weighted by Crippen LogP contribution is 2.19. The van der Waals surface area contributed by atoms with E-state index in [-0.39, 0.29) is 11.9 Å². The van der Waals surface area contributed by atoms with Gasteiger partial charge in [0.1, 0.15) is 5.82 Å². The molecule has 0 saturated heterocycles. The van der Waals surface area contributed by atoms with Gasteiger partial charge < -0.3 is 5.32 Å². The van der Waals surface area contributed by atoms with Gasteiger partial charge in [0.25, 0.3) is 0 Å². The predicted octanol–water partition coefficient (Wildman–Crippen LogP) is 3.75. The van der Waals surface area contributed by atoms with Gasteiger partial charge in [0.05, 0.1) is 5.75 Å². The second kappa shape index (κ2) is 7.36. The molecular weight excluding hydrogens is 285 g/mol. The van der Waals surface area contributed by atoms with Crippen LogP contribution in [-0.4, -0.2) is 16.5 Å². The molecule has 0 aliphatic carbocycles. The van der Waals surface area contributed by atoms with Crippen LogP contribution < -0.4 is 5.32 Å². The van der Waals surface area contributed by atoms with Crippen molar-refractivity contribution in [1.82, 2.24) is 0 Å². The van der Waals surface area contributed by atoms with Crippen molar-refractivity contribution in [3.8, 4) is 0 Å². The van der Waals surface area contributed by atoms with E-state index >= 15 is 0 Å². The first kappa shape index (κ1) is 15.7. The van der Waals surface area contributed by atoms with Crippen LogP contribution in [0.5, 0.6) is 0 Å². The van der Waals surface area contributed by atoms with E-state index in [1.165, 1.54) is 6.07 Å². The summed E-state index contributed by atoms with van der Waals surface area (Å²) in [5, 5.41) is 3.39. The quantitative estimate of drug-likeness (QED) is 0.880. The molecule has 0 amide bonds. The normalized spacial score (nSPS) is 13.7. The number of halogens is 1. The minimum absolute atomic E-state index is 0.0911. The third-order valence-corrected chi connectivity index (χ3v) is 3.98. The highest BCUT2D eigenvalue weighted by molar-refractivity contribution is 7.83. The Bertz CT molecular complexity index is 630. The number of rotatable bonds is 6. The number of nitrogens with one attached hydrogen (secondary N) is 1. The fourth-order valence-electron chi connectivity index (χ4n) is 2.32. The zero-order valence-corrected chi connectivity index (χ0v) is 13.1. The smallest absolute Gasteiger partial charge is 0.126 e. The molecule has 0 fully saturated rings. The molecule has 2 nitrogen and oxygen atoms in total. The van der Waals surface area contributed by atoms with Gasteiger partial charge in [-0.15, -0.1) is 0 Å². The molecule has 2 aromatic carbocycles. The predicted molar refractivity (Wildman–Crippen MR) is 87.4 cm³/mol. The van der Waals surface area contributed by atoms with Gasteiger partial charge in [-0.05, 0) is 36.6 Å². The lowest BCUT2D eigenvalue weighted by molar-refractivity contribution is 0.601. The SMILES string of the molecule is CC(Cc1ccccc1F)Nc1ccccc1CS(C)=O. The van der Waals surface area contributed by atoms with E-state index in [0.717, 1.165) is 11.3 Å². The number of anilines is 1. The van der Waals surface area contributed by atoms with E-state index in [4.69, 9.17) is 0 Å². The average Bonchev–Trinajstić information content (AvgIpc) is 2.43. The van der Waals surface area contributed by atoms with E-state index in [9.17, 15) is 8.60 Å². The average molecular weight is 305 g/mol. The van der Waals surface area contributed by atoms with Crippen molar-refractivity contribution in [2.24, 2.45) is 0 Å². The Morgan fingerprint density at radius 1 is 1.10 bits per heavy atom. The summed E-state index contributed by atoms with van der Waals surface area (Å²) >= 11 is 0. The van der Waals surface area contributed by atoms with Gasteiger partial charge in [0, 0.05) is 28.8 Å². The van der Waals surface area contributed by atoms with Crippen LogP contribution in [0.25, 0.3) is 0 Å². The highest BCUT2D eigenvalue weighted by atomic mass is 32.2. The summed E-state index contributed by atoms with van der Waals surface area (Å²) in [7, 11) is -0.883. The van der Waals surface area contributed by atoms with Crippen LogP contribution in [0, 0.1) is 5.82 Å². The lowest BCUT2D eigenvalue weighted by Crippen LogP contribution is -2.19. The van der Waals surface area contributed by atoms with E-state index in [2.05, 4.69) is 5.32 Å². The molecule has 0 spiro atoms. The first-order valence-corrected chi connectivity index (χ1v) is 8.67. The Balaban J connectivity index is 2.08. The van der Waals surface area contributed by atoms with Gasteiger partial charge in [-0.1, -0.05) is 36.4 Å². The molecule has 0 aromatic heterocycles. The molecule has 2 unspecified atom stereocenters. The van der Waals surface area contributed by atoms with Crippen LogP contribution in [0.1, 0.15) is 18.1 Å². The zero-order chi connectivity index (χ0) is 15.2. The van der Waals surface area contributed by atoms with Crippen LogP contribution in [0.2, 0.25) is 0 Å². The summed E-state index contributed by atoms with van der Waals surface area (Å²) in [6, 6.07) is 14.8. The zero-order valence-electron chi connectivity index (χ0n) is 12.3. The third-order valence-electron chi connectivity index (χ3n) is 3.26. The minimum atomic E-state index is -0.883. The van der Waals surface area contributed by atoms with Crippen molar-refractivity contribution in [1.29, 1.82) is 0 Å². The molecule has 0 aliphatic heterocycles. The van der Waals surface area contributed by atoms with Gasteiger partial charge >= 0.3 is 0 Å². The van der Waals surface area contributed by atoms with Crippen LogP contribution >= 0.6 is 0 Å². The molecule has 21 heavy (non-hydrogen) atoms. The fourth-order valence-corrected chi connectivity index (χ4v) is 3.01. The van der Waals surface area contributed by atoms with Crippen molar-refractivity contribution >= 4 is 16.5 Å². The molecule has 0 aliphatic rings. The van der Waals surface area contributed by atoms with Gasteiger partial charge in [-0.25, -0.2) is 4.39 Å². The molecule has 2 aromatic rings. The largest absolute Gasteiger partial charge is 0.382 e. The number of para-hydroxylation sites is 1. The van der Waals surface area contributed by atoms with Gasteiger partial charge in [-0.2, -0.15) is 0 Å². The Kier molecular flexibility index (Phi) is 5.51. The number of hydrogen-bond donors (Lipinski definition) is 1. The highest BCUT2D eigenvalue weighted by Gasteiger charge is 2.10. The van der Waals surface area contributed by atoms with E-state index in [1.807, 2.05) is 37.3 Å². The summed E-state index contributed by atoms with van der Waals surface area (Å²) in [4.78, 5) is 0. The first-order chi connectivity index (χ1) is 10.1. The molecular formula is C17H20FNOS. The maximum Gasteiger partial charge on any atom is 0.126 e. The summed E-state index contributed by atoms with van der Waals surface area (Å²) in [5.41, 5.74) is 2.70. The Labute approximate surface area is 127 Å². The third kappa shape index (κ3) is 4.67. The van der Waals surface area contributed by atoms with Crippen molar-refractivity contribution in [2.45, 2.75) is 25.1 Å². The van der Waals surface area contributed by atoms with Crippen LogP contribution in [0.15, 0.2) is 48.5 Å². The summed E-state index contributed by atoms with van der Waals surface area (Å²) in [6.45, 7) is 2.02. The molecule has 2 rings (SSSR count). The molecule has 112 valence electrons. The topological polar surface area (TPSA) is 29.1 Å². The Hall–Kier alpha value is -1.68. The summed E-state index contributed by atoms with van der Waals surface area (Å²) in [6.07, 6.45) is 2.30. The maximum absolute atomic E-state index is 13.7. The molecule has 0 bridgehead atoms. The Morgan fingerprint density at radius 2 is 1.71 bits per heavy atom. The summed E-state index contributed by atoms with van der Waals surface area (Å²) < 4.78 is 25.1. The van der Waals surface area contributed by atoms with Crippen molar-refractivity contribution in [3.63, 3.8) is 0 Å². The van der Waals surface area contributed by atoms with Crippen LogP contribution in [-0.2, 0) is 23.0 Å². The van der Waals surface area contributed by atoms with Crippen molar-refractivity contribution in [2.75, 3.05) is 11.6 Å². The monoisotopic (exact) mass is 305 g/mol. The lowest BCUT2D eigenvalue weighted by atomic mass is 10.1. The minimum Gasteiger partial charge on any atom is -0.382 e.